The molecule has 0 aliphatic carbocycles. The Balaban J connectivity index is 2.22. The van der Waals surface area contributed by atoms with Gasteiger partial charge < -0.3 is 9.47 Å². The van der Waals surface area contributed by atoms with Crippen LogP contribution in [0.2, 0.25) is 0 Å². The van der Waals surface area contributed by atoms with Crippen LogP contribution in [0.1, 0.15) is 11.1 Å². The van der Waals surface area contributed by atoms with E-state index in [2.05, 4.69) is 0 Å². The second kappa shape index (κ2) is 6.39. The average molecular weight is 284 g/mol. The third kappa shape index (κ3) is 3.28. The van der Waals surface area contributed by atoms with Crippen LogP contribution in [0, 0.1) is 21.4 Å². The summed E-state index contributed by atoms with van der Waals surface area (Å²) in [6.45, 7) is 0.188. The van der Waals surface area contributed by atoms with Crippen molar-refractivity contribution in [2.24, 2.45) is 0 Å². The molecule has 6 nitrogen and oxygen atoms in total. The van der Waals surface area contributed by atoms with Gasteiger partial charge in [0.15, 0.2) is 5.56 Å². The Labute approximate surface area is 121 Å². The number of nitrogens with zero attached hydrogens (tertiary/aromatic N) is 2. The Morgan fingerprint density at radius 1 is 1.29 bits per heavy atom. The minimum Gasteiger partial charge on any atom is -0.497 e. The molecule has 0 radical (unpaired) electrons. The highest BCUT2D eigenvalue weighted by atomic mass is 16.6. The first-order valence-corrected chi connectivity index (χ1v) is 6.09. The average Bonchev–Trinajstić information content (AvgIpc) is 2.52. The van der Waals surface area contributed by atoms with Gasteiger partial charge in [0.2, 0.25) is 0 Å². The summed E-state index contributed by atoms with van der Waals surface area (Å²) in [6, 6.07) is 13.4. The molecule has 0 aromatic heterocycles. The van der Waals surface area contributed by atoms with Gasteiger partial charge in [-0.3, -0.25) is 10.1 Å². The highest BCUT2D eigenvalue weighted by Gasteiger charge is 2.18. The number of hydrogen-bond acceptors (Lipinski definition) is 5. The summed E-state index contributed by atoms with van der Waals surface area (Å²) in [5.41, 5.74) is 0.496. The first-order chi connectivity index (χ1) is 10.2. The van der Waals surface area contributed by atoms with Crippen molar-refractivity contribution in [1.82, 2.24) is 0 Å². The smallest absolute Gasteiger partial charge is 0.290 e. The second-order valence-electron chi connectivity index (χ2n) is 4.16. The number of hydrogen-bond donors (Lipinski definition) is 0. The van der Waals surface area contributed by atoms with Crippen LogP contribution in [0.4, 0.5) is 5.69 Å². The topological polar surface area (TPSA) is 85.4 Å². The Morgan fingerprint density at radius 3 is 2.71 bits per heavy atom. The lowest BCUT2D eigenvalue weighted by Crippen LogP contribution is -2.00. The lowest BCUT2D eigenvalue weighted by molar-refractivity contribution is -0.385. The maximum Gasteiger partial charge on any atom is 0.290 e. The van der Waals surface area contributed by atoms with Crippen LogP contribution < -0.4 is 9.47 Å². The van der Waals surface area contributed by atoms with Crippen molar-refractivity contribution in [1.29, 1.82) is 5.26 Å². The number of nitriles is 1. The molecule has 2 aromatic rings. The molecule has 0 heterocycles. The molecule has 0 saturated carbocycles. The lowest BCUT2D eigenvalue weighted by Gasteiger charge is -2.09. The first kappa shape index (κ1) is 14.3. The standard InChI is InChI=1S/C15H12N2O4/c1-20-12-5-2-4-11(8-12)10-21-15-7-3-6-14(17(18)19)13(15)9-16/h2-8H,10H2,1H3. The van der Waals surface area contributed by atoms with Crippen LogP contribution in [0.15, 0.2) is 42.5 Å². The van der Waals surface area contributed by atoms with Crippen LogP contribution in [0.25, 0.3) is 0 Å². The van der Waals surface area contributed by atoms with Gasteiger partial charge in [-0.15, -0.1) is 0 Å². The molecule has 0 aliphatic heterocycles. The first-order valence-electron chi connectivity index (χ1n) is 6.09. The predicted molar refractivity (Wildman–Crippen MR) is 75.1 cm³/mol. The van der Waals surface area contributed by atoms with Gasteiger partial charge in [-0.25, -0.2) is 0 Å². The van der Waals surface area contributed by atoms with E-state index in [1.165, 1.54) is 18.2 Å². The molecule has 0 amide bonds. The molecule has 0 unspecified atom stereocenters. The molecule has 0 bridgehead atoms. The van der Waals surface area contributed by atoms with E-state index in [1.807, 2.05) is 18.2 Å². The van der Waals surface area contributed by atoms with E-state index in [9.17, 15) is 10.1 Å². The van der Waals surface area contributed by atoms with Gasteiger partial charge in [0.05, 0.1) is 12.0 Å². The van der Waals surface area contributed by atoms with Crippen LogP contribution in [0.3, 0.4) is 0 Å². The van der Waals surface area contributed by atoms with Crippen molar-refractivity contribution in [3.8, 4) is 17.6 Å². The Bertz CT molecular complexity index is 707. The minimum absolute atomic E-state index is 0.0783. The zero-order valence-electron chi connectivity index (χ0n) is 11.3. The third-order valence-corrected chi connectivity index (χ3v) is 2.84. The van der Waals surface area contributed by atoms with E-state index < -0.39 is 4.92 Å². The van der Waals surface area contributed by atoms with E-state index >= 15 is 0 Å². The van der Waals surface area contributed by atoms with Gasteiger partial charge in [-0.05, 0) is 23.8 Å². The van der Waals surface area contributed by atoms with Crippen LogP contribution >= 0.6 is 0 Å². The van der Waals surface area contributed by atoms with Crippen LogP contribution in [-0.2, 0) is 6.61 Å². The van der Waals surface area contributed by atoms with Crippen molar-refractivity contribution in [2.75, 3.05) is 7.11 Å². The number of ether oxygens (including phenoxy) is 2. The number of rotatable bonds is 5. The van der Waals surface area contributed by atoms with E-state index in [0.717, 1.165) is 5.56 Å². The molecular weight excluding hydrogens is 272 g/mol. The van der Waals surface area contributed by atoms with E-state index in [0.29, 0.717) is 5.75 Å². The van der Waals surface area contributed by atoms with Gasteiger partial charge in [0.1, 0.15) is 24.2 Å². The summed E-state index contributed by atoms with van der Waals surface area (Å²) in [4.78, 5) is 10.3. The second-order valence-corrected chi connectivity index (χ2v) is 4.16. The lowest BCUT2D eigenvalue weighted by atomic mass is 10.1. The summed E-state index contributed by atoms with van der Waals surface area (Å²) in [5.74, 6) is 0.880. The van der Waals surface area contributed by atoms with E-state index in [-0.39, 0.29) is 23.6 Å². The predicted octanol–water partition coefficient (Wildman–Crippen LogP) is 3.05. The molecule has 0 saturated heterocycles. The Kier molecular flexibility index (Phi) is 4.36. The maximum absolute atomic E-state index is 10.9. The summed E-state index contributed by atoms with van der Waals surface area (Å²) in [5, 5.41) is 19.9. The monoisotopic (exact) mass is 284 g/mol. The zero-order valence-corrected chi connectivity index (χ0v) is 11.3. The van der Waals surface area contributed by atoms with Gasteiger partial charge in [-0.1, -0.05) is 18.2 Å². The fraction of sp³-hybridized carbons (Fsp3) is 0.133. The minimum atomic E-state index is -0.600. The number of benzene rings is 2. The fourth-order valence-electron chi connectivity index (χ4n) is 1.83. The molecule has 0 aliphatic rings. The largest absolute Gasteiger partial charge is 0.497 e. The van der Waals surface area contributed by atoms with E-state index in [4.69, 9.17) is 14.7 Å². The molecular formula is C15H12N2O4. The quantitative estimate of drug-likeness (QED) is 0.622. The molecule has 106 valence electrons. The molecule has 0 spiro atoms. The fourth-order valence-corrected chi connectivity index (χ4v) is 1.83. The molecule has 21 heavy (non-hydrogen) atoms. The summed E-state index contributed by atoms with van der Waals surface area (Å²) in [7, 11) is 1.56. The van der Waals surface area contributed by atoms with Gasteiger partial charge in [-0.2, -0.15) is 5.26 Å². The number of nitro groups is 1. The van der Waals surface area contributed by atoms with Crippen LogP contribution in [-0.4, -0.2) is 12.0 Å². The molecule has 2 rings (SSSR count). The normalized spacial score (nSPS) is 9.71. The highest BCUT2D eigenvalue weighted by molar-refractivity contribution is 5.56. The van der Waals surface area contributed by atoms with E-state index in [1.54, 1.807) is 19.2 Å². The van der Waals surface area contributed by atoms with Crippen molar-refractivity contribution >= 4 is 5.69 Å². The summed E-state index contributed by atoms with van der Waals surface area (Å²) in [6.07, 6.45) is 0. The van der Waals surface area contributed by atoms with Gasteiger partial charge >= 0.3 is 0 Å². The van der Waals surface area contributed by atoms with Crippen LogP contribution in [0.5, 0.6) is 11.5 Å². The van der Waals surface area contributed by atoms with Gasteiger partial charge in [0.25, 0.3) is 5.69 Å². The van der Waals surface area contributed by atoms with Crippen molar-refractivity contribution < 1.29 is 14.4 Å². The summed E-state index contributed by atoms with van der Waals surface area (Å²) >= 11 is 0. The number of nitro benzene ring substituents is 1. The van der Waals surface area contributed by atoms with Crippen molar-refractivity contribution in [3.63, 3.8) is 0 Å². The number of methoxy groups -OCH3 is 1. The third-order valence-electron chi connectivity index (χ3n) is 2.84. The zero-order chi connectivity index (χ0) is 15.2. The highest BCUT2D eigenvalue weighted by Crippen LogP contribution is 2.28. The summed E-state index contributed by atoms with van der Waals surface area (Å²) < 4.78 is 10.6. The Hall–Kier alpha value is -3.07. The van der Waals surface area contributed by atoms with Crippen molar-refractivity contribution in [2.45, 2.75) is 6.61 Å². The molecule has 0 atom stereocenters. The molecule has 0 N–H and O–H groups in total. The maximum atomic E-state index is 10.9. The molecule has 6 heteroatoms. The van der Waals surface area contributed by atoms with Crippen molar-refractivity contribution in [3.05, 3.63) is 63.7 Å². The molecule has 0 fully saturated rings. The Morgan fingerprint density at radius 2 is 2.05 bits per heavy atom. The SMILES string of the molecule is COc1cccc(COc2cccc([N+](=O)[O-])c2C#N)c1. The molecule has 2 aromatic carbocycles. The van der Waals surface area contributed by atoms with Gasteiger partial charge in [0, 0.05) is 6.07 Å².